The second-order valence-electron chi connectivity index (χ2n) is 7.31. The Hall–Kier alpha value is -4.38. The van der Waals surface area contributed by atoms with Gasteiger partial charge in [0.2, 0.25) is 5.78 Å². The third kappa shape index (κ3) is 3.72. The fraction of sp³-hybridized carbons (Fsp3) is 0.0370. The summed E-state index contributed by atoms with van der Waals surface area (Å²) < 4.78 is 5.46. The molecule has 0 aliphatic rings. The Labute approximate surface area is 184 Å². The van der Waals surface area contributed by atoms with Crippen molar-refractivity contribution in [3.05, 3.63) is 108 Å². The van der Waals surface area contributed by atoms with E-state index < -0.39 is 5.97 Å². The minimum atomic E-state index is -0.575. The molecule has 0 radical (unpaired) electrons. The monoisotopic (exact) mass is 418 g/mol. The smallest absolute Gasteiger partial charge is 0.339 e. The summed E-state index contributed by atoms with van der Waals surface area (Å²) in [7, 11) is 0. The predicted octanol–water partition coefficient (Wildman–Crippen LogP) is 5.49. The van der Waals surface area contributed by atoms with Crippen LogP contribution in [0.25, 0.3) is 33.1 Å². The number of pyridine rings is 2. The van der Waals surface area contributed by atoms with Gasteiger partial charge in [0.15, 0.2) is 6.61 Å². The van der Waals surface area contributed by atoms with Crippen LogP contribution in [0.2, 0.25) is 0 Å². The van der Waals surface area contributed by atoms with E-state index in [9.17, 15) is 9.59 Å². The van der Waals surface area contributed by atoms with Gasteiger partial charge in [-0.2, -0.15) is 0 Å². The van der Waals surface area contributed by atoms with Gasteiger partial charge in [-0.3, -0.25) is 9.78 Å². The van der Waals surface area contributed by atoms with Gasteiger partial charge in [0, 0.05) is 17.1 Å². The maximum absolute atomic E-state index is 13.0. The lowest BCUT2D eigenvalue weighted by Crippen LogP contribution is -2.15. The average Bonchev–Trinajstić information content (AvgIpc) is 2.86. The molecule has 0 aliphatic carbocycles. The summed E-state index contributed by atoms with van der Waals surface area (Å²) in [4.78, 5) is 34.8. The SMILES string of the molecule is O=C(COC(=O)c1cc(-c2ccccn2)nc2ccccc12)c1cccc2ccccc12. The van der Waals surface area contributed by atoms with Gasteiger partial charge in [-0.05, 0) is 35.0 Å². The number of benzene rings is 3. The molecular weight excluding hydrogens is 400 g/mol. The molecular formula is C27H18N2O3. The minimum absolute atomic E-state index is 0.251. The summed E-state index contributed by atoms with van der Waals surface area (Å²) in [5.74, 6) is -0.826. The first-order valence-corrected chi connectivity index (χ1v) is 10.2. The molecule has 5 rings (SSSR count). The summed E-state index contributed by atoms with van der Waals surface area (Å²) in [6.45, 7) is -0.345. The number of hydrogen-bond donors (Lipinski definition) is 0. The Bertz CT molecular complexity index is 1460. The summed E-state index contributed by atoms with van der Waals surface area (Å²) in [6, 6.07) is 27.7. The summed E-state index contributed by atoms with van der Waals surface area (Å²) >= 11 is 0. The van der Waals surface area contributed by atoms with E-state index in [0.29, 0.717) is 33.4 Å². The molecule has 5 heteroatoms. The Morgan fingerprint density at radius 2 is 1.47 bits per heavy atom. The number of nitrogens with zero attached hydrogens (tertiary/aromatic N) is 2. The molecule has 0 amide bonds. The largest absolute Gasteiger partial charge is 0.454 e. The molecule has 0 N–H and O–H groups in total. The van der Waals surface area contributed by atoms with Crippen LogP contribution >= 0.6 is 0 Å². The Morgan fingerprint density at radius 1 is 0.719 bits per heavy atom. The van der Waals surface area contributed by atoms with Crippen LogP contribution in [0, 0.1) is 0 Å². The van der Waals surface area contributed by atoms with Crippen molar-refractivity contribution in [3.8, 4) is 11.4 Å². The molecule has 0 saturated heterocycles. The number of hydrogen-bond acceptors (Lipinski definition) is 5. The number of para-hydroxylation sites is 1. The van der Waals surface area contributed by atoms with Crippen LogP contribution < -0.4 is 0 Å². The fourth-order valence-electron chi connectivity index (χ4n) is 3.74. The van der Waals surface area contributed by atoms with Crippen molar-refractivity contribution < 1.29 is 14.3 Å². The minimum Gasteiger partial charge on any atom is -0.454 e. The van der Waals surface area contributed by atoms with E-state index in [1.807, 2.05) is 78.9 Å². The van der Waals surface area contributed by atoms with Crippen LogP contribution in [-0.2, 0) is 4.74 Å². The van der Waals surface area contributed by atoms with E-state index >= 15 is 0 Å². The van der Waals surface area contributed by atoms with Crippen molar-refractivity contribution in [1.29, 1.82) is 0 Å². The number of ketones is 1. The maximum Gasteiger partial charge on any atom is 0.339 e. The highest BCUT2D eigenvalue weighted by Gasteiger charge is 2.18. The number of carbonyl (C=O) groups is 2. The van der Waals surface area contributed by atoms with Crippen LogP contribution in [-0.4, -0.2) is 28.3 Å². The molecule has 3 aromatic carbocycles. The number of ether oxygens (including phenoxy) is 1. The Morgan fingerprint density at radius 3 is 2.31 bits per heavy atom. The first-order valence-electron chi connectivity index (χ1n) is 10.2. The number of carbonyl (C=O) groups excluding carboxylic acids is 2. The highest BCUT2D eigenvalue weighted by Crippen LogP contribution is 2.25. The van der Waals surface area contributed by atoms with Crippen LogP contribution in [0.5, 0.6) is 0 Å². The normalized spacial score (nSPS) is 10.9. The third-order valence-electron chi connectivity index (χ3n) is 5.29. The molecule has 5 aromatic rings. The molecule has 154 valence electrons. The van der Waals surface area contributed by atoms with Crippen molar-refractivity contribution in [2.45, 2.75) is 0 Å². The van der Waals surface area contributed by atoms with Gasteiger partial charge in [-0.15, -0.1) is 0 Å². The van der Waals surface area contributed by atoms with Gasteiger partial charge < -0.3 is 4.74 Å². The number of rotatable bonds is 5. The molecule has 0 fully saturated rings. The van der Waals surface area contributed by atoms with E-state index in [1.165, 1.54) is 0 Å². The number of Topliss-reactive ketones (excluding diaryl/α,β-unsaturated/α-hetero) is 1. The lowest BCUT2D eigenvalue weighted by molar-refractivity contribution is 0.0477. The summed E-state index contributed by atoms with van der Waals surface area (Å²) in [6.07, 6.45) is 1.67. The molecule has 2 heterocycles. The van der Waals surface area contributed by atoms with Crippen molar-refractivity contribution >= 4 is 33.4 Å². The summed E-state index contributed by atoms with van der Waals surface area (Å²) in [5, 5.41) is 2.46. The van der Waals surface area contributed by atoms with Crippen molar-refractivity contribution in [2.75, 3.05) is 6.61 Å². The molecule has 5 nitrogen and oxygen atoms in total. The van der Waals surface area contributed by atoms with E-state index in [1.54, 1.807) is 18.3 Å². The fourth-order valence-corrected chi connectivity index (χ4v) is 3.74. The first-order chi connectivity index (χ1) is 15.7. The van der Waals surface area contributed by atoms with E-state index in [2.05, 4.69) is 9.97 Å². The summed E-state index contributed by atoms with van der Waals surface area (Å²) in [5.41, 5.74) is 2.75. The van der Waals surface area contributed by atoms with E-state index in [0.717, 1.165) is 10.8 Å². The Balaban J connectivity index is 1.45. The molecule has 0 unspecified atom stereocenters. The van der Waals surface area contributed by atoms with Crippen molar-refractivity contribution in [2.24, 2.45) is 0 Å². The highest BCUT2D eigenvalue weighted by atomic mass is 16.5. The van der Waals surface area contributed by atoms with Gasteiger partial charge in [-0.25, -0.2) is 9.78 Å². The zero-order valence-electron chi connectivity index (χ0n) is 17.1. The van der Waals surface area contributed by atoms with Crippen molar-refractivity contribution in [3.63, 3.8) is 0 Å². The predicted molar refractivity (Wildman–Crippen MR) is 124 cm³/mol. The molecule has 0 bridgehead atoms. The van der Waals surface area contributed by atoms with Gasteiger partial charge in [0.25, 0.3) is 0 Å². The van der Waals surface area contributed by atoms with Crippen molar-refractivity contribution in [1.82, 2.24) is 9.97 Å². The van der Waals surface area contributed by atoms with Gasteiger partial charge in [0.1, 0.15) is 0 Å². The average molecular weight is 418 g/mol. The number of esters is 1. The topological polar surface area (TPSA) is 69.2 Å². The lowest BCUT2D eigenvalue weighted by Gasteiger charge is -2.10. The molecule has 0 atom stereocenters. The Kier molecular flexibility index (Phi) is 5.14. The zero-order valence-corrected chi connectivity index (χ0v) is 17.1. The first kappa shape index (κ1) is 19.6. The molecule has 32 heavy (non-hydrogen) atoms. The van der Waals surface area contributed by atoms with Crippen LogP contribution in [0.15, 0.2) is 97.2 Å². The molecule has 0 spiro atoms. The quantitative estimate of drug-likeness (QED) is 0.279. The number of fused-ring (bicyclic) bond motifs is 2. The highest BCUT2D eigenvalue weighted by molar-refractivity contribution is 6.10. The van der Waals surface area contributed by atoms with E-state index in [-0.39, 0.29) is 12.4 Å². The van der Waals surface area contributed by atoms with Crippen LogP contribution in [0.3, 0.4) is 0 Å². The van der Waals surface area contributed by atoms with Gasteiger partial charge in [-0.1, -0.05) is 66.7 Å². The van der Waals surface area contributed by atoms with Gasteiger partial charge >= 0.3 is 5.97 Å². The molecule has 0 saturated carbocycles. The lowest BCUT2D eigenvalue weighted by atomic mass is 10.0. The third-order valence-corrected chi connectivity index (χ3v) is 5.29. The molecule has 2 aromatic heterocycles. The van der Waals surface area contributed by atoms with Crippen LogP contribution in [0.4, 0.5) is 0 Å². The maximum atomic E-state index is 13.0. The van der Waals surface area contributed by atoms with Gasteiger partial charge in [0.05, 0.1) is 22.5 Å². The second-order valence-corrected chi connectivity index (χ2v) is 7.31. The standard InChI is InChI=1S/C27H18N2O3/c30-26(21-12-7-9-18-8-1-2-10-19(18)21)17-32-27(31)22-16-25(24-14-5-6-15-28-24)29-23-13-4-3-11-20(22)23/h1-16H,17H2. The second kappa shape index (κ2) is 8.40. The number of aromatic nitrogens is 2. The molecule has 0 aliphatic heterocycles. The van der Waals surface area contributed by atoms with E-state index in [4.69, 9.17) is 4.74 Å². The zero-order chi connectivity index (χ0) is 21.9. The van der Waals surface area contributed by atoms with Crippen LogP contribution in [0.1, 0.15) is 20.7 Å².